The summed E-state index contributed by atoms with van der Waals surface area (Å²) in [7, 11) is 0. The average Bonchev–Trinajstić information content (AvgIpc) is 2.75. The predicted octanol–water partition coefficient (Wildman–Crippen LogP) is 4.46. The normalized spacial score (nSPS) is 15.7. The first-order chi connectivity index (χ1) is 11.0. The summed E-state index contributed by atoms with van der Waals surface area (Å²) in [5.74, 6) is 1.58. The highest BCUT2D eigenvalue weighted by atomic mass is 32.2. The van der Waals surface area contributed by atoms with Crippen molar-refractivity contribution in [2.24, 2.45) is 16.1 Å². The predicted molar refractivity (Wildman–Crippen MR) is 93.7 cm³/mol. The van der Waals surface area contributed by atoms with E-state index in [1.54, 1.807) is 13.8 Å². The van der Waals surface area contributed by atoms with Crippen molar-refractivity contribution >= 4 is 34.3 Å². The highest BCUT2D eigenvalue weighted by Crippen LogP contribution is 2.44. The molecule has 5 nitrogen and oxygen atoms in total. The molecule has 2 aromatic rings. The van der Waals surface area contributed by atoms with Gasteiger partial charge >= 0.3 is 0 Å². The molecule has 122 valence electrons. The Kier molecular flexibility index (Phi) is 4.43. The standard InChI is InChI=1S/C17H21N3O2S/c1-4-11-5-6-14-13(7-11)15(18-19-16(21)10(2)3)17(22)20(14)12-8-23-9-12/h5-7,10,12,22H,4,8-9H2,1-3H3. The van der Waals surface area contributed by atoms with Crippen molar-refractivity contribution in [3.8, 4) is 5.88 Å². The molecule has 0 spiro atoms. The molecule has 1 N–H and O–H groups in total. The van der Waals surface area contributed by atoms with E-state index in [1.165, 1.54) is 5.56 Å². The van der Waals surface area contributed by atoms with Gasteiger partial charge in [0.15, 0.2) is 5.69 Å². The summed E-state index contributed by atoms with van der Waals surface area (Å²) in [5, 5.41) is 19.4. The summed E-state index contributed by atoms with van der Waals surface area (Å²) in [4.78, 5) is 11.7. The van der Waals surface area contributed by atoms with Crippen LogP contribution in [0.5, 0.6) is 5.88 Å². The van der Waals surface area contributed by atoms with Crippen LogP contribution in [0.2, 0.25) is 0 Å². The molecule has 2 heterocycles. The van der Waals surface area contributed by atoms with Gasteiger partial charge in [-0.2, -0.15) is 11.8 Å². The zero-order valence-corrected chi connectivity index (χ0v) is 14.4. The van der Waals surface area contributed by atoms with Gasteiger partial charge in [0.2, 0.25) is 5.88 Å². The van der Waals surface area contributed by atoms with E-state index in [4.69, 9.17) is 0 Å². The van der Waals surface area contributed by atoms with E-state index in [0.29, 0.717) is 5.69 Å². The molecule has 1 aromatic carbocycles. The Morgan fingerprint density at radius 1 is 1.43 bits per heavy atom. The molecule has 0 saturated carbocycles. The van der Waals surface area contributed by atoms with Crippen LogP contribution in [0.1, 0.15) is 32.4 Å². The lowest BCUT2D eigenvalue weighted by Crippen LogP contribution is -2.22. The lowest BCUT2D eigenvalue weighted by Gasteiger charge is -2.27. The Bertz CT molecular complexity index is 776. The molecule has 1 aromatic heterocycles. The van der Waals surface area contributed by atoms with Gasteiger partial charge in [-0.1, -0.05) is 26.8 Å². The number of hydrogen-bond donors (Lipinski definition) is 1. The van der Waals surface area contributed by atoms with Gasteiger partial charge in [0.05, 0.1) is 11.6 Å². The first-order valence-corrected chi connectivity index (χ1v) is 9.07. The highest BCUT2D eigenvalue weighted by Gasteiger charge is 2.27. The molecule has 23 heavy (non-hydrogen) atoms. The third kappa shape index (κ3) is 2.87. The Labute approximate surface area is 139 Å². The van der Waals surface area contributed by atoms with Crippen molar-refractivity contribution in [3.63, 3.8) is 0 Å². The van der Waals surface area contributed by atoms with E-state index in [0.717, 1.165) is 28.8 Å². The van der Waals surface area contributed by atoms with Gasteiger partial charge in [0.1, 0.15) is 0 Å². The molecule has 6 heteroatoms. The minimum atomic E-state index is -0.281. The van der Waals surface area contributed by atoms with Gasteiger partial charge in [0.25, 0.3) is 5.91 Å². The monoisotopic (exact) mass is 331 g/mol. The molecular weight excluding hydrogens is 310 g/mol. The van der Waals surface area contributed by atoms with Crippen LogP contribution in [0.3, 0.4) is 0 Å². The molecule has 1 saturated heterocycles. The van der Waals surface area contributed by atoms with Crippen molar-refractivity contribution < 1.29 is 9.90 Å². The van der Waals surface area contributed by atoms with Crippen LogP contribution in [0.25, 0.3) is 10.9 Å². The minimum absolute atomic E-state index is 0.110. The van der Waals surface area contributed by atoms with Gasteiger partial charge in [-0.25, -0.2) is 0 Å². The third-order valence-electron chi connectivity index (χ3n) is 4.15. The Hall–Kier alpha value is -1.82. The average molecular weight is 331 g/mol. The zero-order chi connectivity index (χ0) is 16.6. The van der Waals surface area contributed by atoms with E-state index in [9.17, 15) is 9.90 Å². The summed E-state index contributed by atoms with van der Waals surface area (Å²) < 4.78 is 1.93. The number of carbonyl (C=O) groups excluding carboxylic acids is 1. The third-order valence-corrected chi connectivity index (χ3v) is 5.39. The maximum Gasteiger partial charge on any atom is 0.267 e. The topological polar surface area (TPSA) is 66.9 Å². The van der Waals surface area contributed by atoms with Gasteiger partial charge in [-0.05, 0) is 24.1 Å². The SMILES string of the molecule is CCc1ccc2c(c1)c(N=NC(=O)C(C)C)c(O)n2C1CSC1. The number of aryl methyl sites for hydroxylation is 1. The Morgan fingerprint density at radius 3 is 2.74 bits per heavy atom. The summed E-state index contributed by atoms with van der Waals surface area (Å²) in [5.41, 5.74) is 2.53. The molecule has 1 aliphatic rings. The van der Waals surface area contributed by atoms with Crippen LogP contribution in [-0.4, -0.2) is 27.1 Å². The number of carbonyl (C=O) groups is 1. The quantitative estimate of drug-likeness (QED) is 0.841. The van der Waals surface area contributed by atoms with Crippen molar-refractivity contribution in [3.05, 3.63) is 23.8 Å². The van der Waals surface area contributed by atoms with Crippen LogP contribution in [0.4, 0.5) is 5.69 Å². The van der Waals surface area contributed by atoms with E-state index in [-0.39, 0.29) is 23.7 Å². The number of nitrogens with zero attached hydrogens (tertiary/aromatic N) is 3. The largest absolute Gasteiger partial charge is 0.493 e. The molecule has 0 atom stereocenters. The number of azo groups is 1. The minimum Gasteiger partial charge on any atom is -0.493 e. The summed E-state index contributed by atoms with van der Waals surface area (Å²) >= 11 is 1.86. The zero-order valence-electron chi connectivity index (χ0n) is 13.6. The highest BCUT2D eigenvalue weighted by molar-refractivity contribution is 8.00. The second-order valence-electron chi connectivity index (χ2n) is 6.13. The number of amides is 1. The smallest absolute Gasteiger partial charge is 0.267 e. The van der Waals surface area contributed by atoms with Crippen molar-refractivity contribution in [1.29, 1.82) is 0 Å². The number of thioether (sulfide) groups is 1. The van der Waals surface area contributed by atoms with Crippen LogP contribution >= 0.6 is 11.8 Å². The molecule has 3 rings (SSSR count). The van der Waals surface area contributed by atoms with Crippen molar-refractivity contribution in [1.82, 2.24) is 4.57 Å². The molecule has 0 radical (unpaired) electrons. The van der Waals surface area contributed by atoms with Gasteiger partial charge in [0, 0.05) is 22.8 Å². The first-order valence-electron chi connectivity index (χ1n) is 7.92. The molecule has 1 fully saturated rings. The van der Waals surface area contributed by atoms with Gasteiger partial charge in [-0.3, -0.25) is 4.79 Å². The van der Waals surface area contributed by atoms with Gasteiger partial charge in [-0.15, -0.1) is 10.2 Å². The second kappa shape index (κ2) is 6.35. The van der Waals surface area contributed by atoms with E-state index < -0.39 is 0 Å². The maximum absolute atomic E-state index is 11.7. The first kappa shape index (κ1) is 16.1. The van der Waals surface area contributed by atoms with Crippen LogP contribution in [0, 0.1) is 5.92 Å². The maximum atomic E-state index is 11.7. The number of aromatic nitrogens is 1. The van der Waals surface area contributed by atoms with Crippen LogP contribution in [0.15, 0.2) is 28.4 Å². The van der Waals surface area contributed by atoms with Crippen molar-refractivity contribution in [2.45, 2.75) is 33.2 Å². The lowest BCUT2D eigenvalue weighted by atomic mass is 10.1. The molecule has 0 bridgehead atoms. The summed E-state index contributed by atoms with van der Waals surface area (Å²) in [6.45, 7) is 5.65. The fourth-order valence-corrected chi connectivity index (χ4v) is 3.35. The van der Waals surface area contributed by atoms with E-state index >= 15 is 0 Å². The molecule has 1 amide bonds. The van der Waals surface area contributed by atoms with Crippen molar-refractivity contribution in [2.75, 3.05) is 11.5 Å². The molecule has 0 aliphatic carbocycles. The van der Waals surface area contributed by atoms with Gasteiger partial charge < -0.3 is 9.67 Å². The number of benzene rings is 1. The molecule has 1 aliphatic heterocycles. The Morgan fingerprint density at radius 2 is 2.17 bits per heavy atom. The molecule has 0 unspecified atom stereocenters. The number of aromatic hydroxyl groups is 1. The number of hydrogen-bond acceptors (Lipinski definition) is 4. The summed E-state index contributed by atoms with van der Waals surface area (Å²) in [6, 6.07) is 6.41. The summed E-state index contributed by atoms with van der Waals surface area (Å²) in [6.07, 6.45) is 0.905. The fraction of sp³-hybridized carbons (Fsp3) is 0.471. The number of rotatable bonds is 4. The second-order valence-corrected chi connectivity index (χ2v) is 7.21. The number of fused-ring (bicyclic) bond motifs is 1. The van der Waals surface area contributed by atoms with Crippen LogP contribution in [-0.2, 0) is 11.2 Å². The van der Waals surface area contributed by atoms with E-state index in [2.05, 4.69) is 23.2 Å². The fourth-order valence-electron chi connectivity index (χ4n) is 2.61. The Balaban J connectivity index is 2.14. The van der Waals surface area contributed by atoms with Crippen LogP contribution < -0.4 is 0 Å². The lowest BCUT2D eigenvalue weighted by molar-refractivity contribution is -0.121. The van der Waals surface area contributed by atoms with E-state index in [1.807, 2.05) is 28.5 Å². The molecular formula is C17H21N3O2S.